The summed E-state index contributed by atoms with van der Waals surface area (Å²) in [4.78, 5) is 27.4. The molecule has 1 atom stereocenters. The molecule has 1 fully saturated rings. The van der Waals surface area contributed by atoms with Crippen molar-refractivity contribution < 1.29 is 9.59 Å². The molecule has 0 aromatic heterocycles. The van der Waals surface area contributed by atoms with E-state index in [-0.39, 0.29) is 17.6 Å². The molecule has 0 bridgehead atoms. The number of Topliss-reactive ketones (excluding diaryl/α,β-unsaturated/α-hetero) is 1. The fourth-order valence-corrected chi connectivity index (χ4v) is 2.27. The predicted octanol–water partition coefficient (Wildman–Crippen LogP) is 1.16. The monoisotopic (exact) mass is 240 g/mol. The maximum Gasteiger partial charge on any atom is 0.236 e. The minimum Gasteiger partial charge on any atom is -0.341 e. The second-order valence-electron chi connectivity index (χ2n) is 4.75. The molecule has 1 amide bonds. The zero-order chi connectivity index (χ0) is 12.8. The topological polar surface area (TPSA) is 40.6 Å². The highest BCUT2D eigenvalue weighted by Crippen LogP contribution is 2.17. The highest BCUT2D eigenvalue weighted by molar-refractivity contribution is 5.81. The van der Waals surface area contributed by atoms with Crippen LogP contribution in [0.25, 0.3) is 0 Å². The summed E-state index contributed by atoms with van der Waals surface area (Å²) in [5.74, 6) is 0.439. The number of hydrogen-bond acceptors (Lipinski definition) is 3. The predicted molar refractivity (Wildman–Crippen MR) is 67.8 cm³/mol. The Balaban J connectivity index is 2.48. The first kappa shape index (κ1) is 14.2. The second-order valence-corrected chi connectivity index (χ2v) is 4.75. The van der Waals surface area contributed by atoms with Crippen LogP contribution < -0.4 is 0 Å². The Morgan fingerprint density at radius 2 is 1.94 bits per heavy atom. The van der Waals surface area contributed by atoms with Crippen molar-refractivity contribution in [2.45, 2.75) is 33.6 Å². The summed E-state index contributed by atoms with van der Waals surface area (Å²) in [7, 11) is 0. The van der Waals surface area contributed by atoms with Crippen molar-refractivity contribution in [1.82, 2.24) is 9.80 Å². The molecule has 0 aromatic carbocycles. The maximum atomic E-state index is 12.1. The van der Waals surface area contributed by atoms with Gasteiger partial charge in [-0.15, -0.1) is 0 Å². The molecule has 1 saturated heterocycles. The van der Waals surface area contributed by atoms with E-state index in [9.17, 15) is 9.59 Å². The summed E-state index contributed by atoms with van der Waals surface area (Å²) in [6.45, 7) is 9.45. The third-order valence-electron chi connectivity index (χ3n) is 3.60. The van der Waals surface area contributed by atoms with Gasteiger partial charge in [-0.1, -0.05) is 13.8 Å². The molecule has 0 unspecified atom stereocenters. The summed E-state index contributed by atoms with van der Waals surface area (Å²) < 4.78 is 0. The van der Waals surface area contributed by atoms with E-state index in [4.69, 9.17) is 0 Å². The maximum absolute atomic E-state index is 12.1. The van der Waals surface area contributed by atoms with Gasteiger partial charge >= 0.3 is 0 Å². The molecule has 4 heteroatoms. The number of piperidine rings is 1. The first-order valence-corrected chi connectivity index (χ1v) is 6.59. The average molecular weight is 240 g/mol. The lowest BCUT2D eigenvalue weighted by Crippen LogP contribution is -2.46. The van der Waals surface area contributed by atoms with Gasteiger partial charge in [0, 0.05) is 19.0 Å². The number of hydrogen-bond donors (Lipinski definition) is 0. The first-order chi connectivity index (χ1) is 8.08. The van der Waals surface area contributed by atoms with Gasteiger partial charge in [0.05, 0.1) is 6.54 Å². The molecule has 0 aromatic rings. The summed E-state index contributed by atoms with van der Waals surface area (Å²) in [6.07, 6.45) is 1.89. The van der Waals surface area contributed by atoms with E-state index >= 15 is 0 Å². The molecule has 1 heterocycles. The van der Waals surface area contributed by atoms with Crippen molar-refractivity contribution in [3.05, 3.63) is 0 Å². The zero-order valence-electron chi connectivity index (χ0n) is 11.2. The Hall–Kier alpha value is -0.900. The molecule has 0 N–H and O–H groups in total. The van der Waals surface area contributed by atoms with Gasteiger partial charge in [-0.05, 0) is 32.9 Å². The highest BCUT2D eigenvalue weighted by Gasteiger charge is 2.26. The van der Waals surface area contributed by atoms with Gasteiger partial charge in [-0.3, -0.25) is 14.5 Å². The van der Waals surface area contributed by atoms with Crippen LogP contribution in [0.3, 0.4) is 0 Å². The number of nitrogens with zero attached hydrogens (tertiary/aromatic N) is 2. The van der Waals surface area contributed by atoms with Crippen LogP contribution in [0.15, 0.2) is 0 Å². The van der Waals surface area contributed by atoms with Gasteiger partial charge in [-0.2, -0.15) is 0 Å². The van der Waals surface area contributed by atoms with E-state index in [0.29, 0.717) is 13.1 Å². The van der Waals surface area contributed by atoms with Gasteiger partial charge in [0.25, 0.3) is 0 Å². The minimum atomic E-state index is 0.0596. The van der Waals surface area contributed by atoms with Crippen LogP contribution in [0, 0.1) is 5.92 Å². The largest absolute Gasteiger partial charge is 0.341 e. The Labute approximate surface area is 104 Å². The number of ketones is 1. The molecule has 98 valence electrons. The third-order valence-corrected chi connectivity index (χ3v) is 3.60. The molecule has 0 spiro atoms. The standard InChI is InChI=1S/C13H24N2O2/c1-4-14(5-2)10-13(17)15-8-6-7-12(9-15)11(3)16/h12H,4-10H2,1-3H3/t12-/m1/s1. The highest BCUT2D eigenvalue weighted by atomic mass is 16.2. The Morgan fingerprint density at radius 3 is 2.47 bits per heavy atom. The van der Waals surface area contributed by atoms with Gasteiger partial charge in [0.2, 0.25) is 5.91 Å². The number of rotatable bonds is 5. The van der Waals surface area contributed by atoms with Crippen LogP contribution >= 0.6 is 0 Å². The zero-order valence-corrected chi connectivity index (χ0v) is 11.2. The van der Waals surface area contributed by atoms with Crippen LogP contribution in [-0.4, -0.2) is 54.2 Å². The molecule has 4 nitrogen and oxygen atoms in total. The lowest BCUT2D eigenvalue weighted by Gasteiger charge is -2.33. The van der Waals surface area contributed by atoms with Crippen LogP contribution in [0.2, 0.25) is 0 Å². The first-order valence-electron chi connectivity index (χ1n) is 6.59. The van der Waals surface area contributed by atoms with Crippen LogP contribution in [0.4, 0.5) is 0 Å². The molecule has 1 aliphatic rings. The van der Waals surface area contributed by atoms with E-state index in [1.54, 1.807) is 6.92 Å². The van der Waals surface area contributed by atoms with Crippen LogP contribution in [-0.2, 0) is 9.59 Å². The van der Waals surface area contributed by atoms with Gasteiger partial charge in [0.15, 0.2) is 0 Å². The SMILES string of the molecule is CCN(CC)CC(=O)N1CCC[C@@H](C(C)=O)C1. The quantitative estimate of drug-likeness (QED) is 0.724. The molecule has 1 aliphatic heterocycles. The van der Waals surface area contributed by atoms with Crippen LogP contribution in [0.5, 0.6) is 0 Å². The number of carbonyl (C=O) groups is 2. The fourth-order valence-electron chi connectivity index (χ4n) is 2.27. The summed E-state index contributed by atoms with van der Waals surface area (Å²) in [6, 6.07) is 0. The van der Waals surface area contributed by atoms with Crippen molar-refractivity contribution in [3.63, 3.8) is 0 Å². The van der Waals surface area contributed by atoms with Crippen molar-refractivity contribution >= 4 is 11.7 Å². The van der Waals surface area contributed by atoms with E-state index in [1.165, 1.54) is 0 Å². The van der Waals surface area contributed by atoms with Gasteiger partial charge in [-0.25, -0.2) is 0 Å². The number of likely N-dealkylation sites (tertiary alicyclic amines) is 1. The minimum absolute atomic E-state index is 0.0596. The Morgan fingerprint density at radius 1 is 1.29 bits per heavy atom. The number of likely N-dealkylation sites (N-methyl/N-ethyl adjacent to an activating group) is 1. The Kier molecular flexibility index (Phi) is 5.62. The van der Waals surface area contributed by atoms with Crippen molar-refractivity contribution in [2.24, 2.45) is 5.92 Å². The number of carbonyl (C=O) groups excluding carboxylic acids is 2. The molecule has 0 aliphatic carbocycles. The van der Waals surface area contributed by atoms with E-state index < -0.39 is 0 Å². The van der Waals surface area contributed by atoms with E-state index in [0.717, 1.165) is 32.5 Å². The molecule has 1 rings (SSSR count). The van der Waals surface area contributed by atoms with Gasteiger partial charge < -0.3 is 4.90 Å². The Bertz CT molecular complexity index is 275. The van der Waals surface area contributed by atoms with Crippen LogP contribution in [0.1, 0.15) is 33.6 Å². The number of amides is 1. The third kappa shape index (κ3) is 4.11. The molecule has 17 heavy (non-hydrogen) atoms. The second kappa shape index (κ2) is 6.74. The summed E-state index contributed by atoms with van der Waals surface area (Å²) in [5.41, 5.74) is 0. The van der Waals surface area contributed by atoms with Gasteiger partial charge in [0.1, 0.15) is 5.78 Å². The van der Waals surface area contributed by atoms with Crippen molar-refractivity contribution in [2.75, 3.05) is 32.7 Å². The van der Waals surface area contributed by atoms with Crippen molar-refractivity contribution in [3.8, 4) is 0 Å². The molecular weight excluding hydrogens is 216 g/mol. The lowest BCUT2D eigenvalue weighted by atomic mass is 9.94. The molecule has 0 radical (unpaired) electrons. The van der Waals surface area contributed by atoms with Crippen molar-refractivity contribution in [1.29, 1.82) is 0 Å². The molecular formula is C13H24N2O2. The lowest BCUT2D eigenvalue weighted by molar-refractivity contribution is -0.135. The summed E-state index contributed by atoms with van der Waals surface area (Å²) >= 11 is 0. The van der Waals surface area contributed by atoms with E-state index in [2.05, 4.69) is 18.7 Å². The smallest absolute Gasteiger partial charge is 0.236 e. The van der Waals surface area contributed by atoms with E-state index in [1.807, 2.05) is 4.90 Å². The molecule has 0 saturated carbocycles. The average Bonchev–Trinajstić information content (AvgIpc) is 2.35. The summed E-state index contributed by atoms with van der Waals surface area (Å²) in [5, 5.41) is 0. The fraction of sp³-hybridized carbons (Fsp3) is 0.846. The normalized spacial score (nSPS) is 20.7.